The Morgan fingerprint density at radius 3 is 2.29 bits per heavy atom. The maximum Gasteiger partial charge on any atom is 0.257 e. The standard InChI is InChI=1S/C14H19N3O3S/c1-14(2,13(16)19)8-17-11(18)7-20-10-5-3-9(4-6-10)12(15)21/h3-6H,7-8H2,1-2H3,(H2,15,21)(H2,16,19)(H,17,18). The van der Waals surface area contributed by atoms with Crippen molar-refractivity contribution in [1.82, 2.24) is 5.32 Å². The number of carbonyl (C=O) groups is 2. The molecule has 0 aliphatic rings. The van der Waals surface area contributed by atoms with Crippen molar-refractivity contribution in [3.63, 3.8) is 0 Å². The number of thiocarbonyl (C=S) groups is 1. The zero-order chi connectivity index (χ0) is 16.0. The largest absolute Gasteiger partial charge is 0.484 e. The van der Waals surface area contributed by atoms with Crippen LogP contribution in [0.1, 0.15) is 19.4 Å². The van der Waals surface area contributed by atoms with Crippen LogP contribution in [0.2, 0.25) is 0 Å². The van der Waals surface area contributed by atoms with Crippen LogP contribution in [0.4, 0.5) is 0 Å². The molecule has 0 unspecified atom stereocenters. The summed E-state index contributed by atoms with van der Waals surface area (Å²) in [7, 11) is 0. The molecular formula is C14H19N3O3S. The van der Waals surface area contributed by atoms with Crippen LogP contribution < -0.4 is 21.5 Å². The van der Waals surface area contributed by atoms with E-state index in [0.29, 0.717) is 10.7 Å². The Balaban J connectivity index is 2.43. The van der Waals surface area contributed by atoms with Gasteiger partial charge in [-0.15, -0.1) is 0 Å². The molecule has 114 valence electrons. The Morgan fingerprint density at radius 1 is 1.24 bits per heavy atom. The zero-order valence-corrected chi connectivity index (χ0v) is 12.8. The molecule has 0 spiro atoms. The van der Waals surface area contributed by atoms with Gasteiger partial charge in [-0.2, -0.15) is 0 Å². The van der Waals surface area contributed by atoms with Crippen LogP contribution in [-0.2, 0) is 9.59 Å². The van der Waals surface area contributed by atoms with Crippen LogP contribution in [0.5, 0.6) is 5.75 Å². The number of amides is 2. The second kappa shape index (κ2) is 7.03. The van der Waals surface area contributed by atoms with E-state index in [9.17, 15) is 9.59 Å². The summed E-state index contributed by atoms with van der Waals surface area (Å²) in [5.74, 6) is -0.279. The Bertz CT molecular complexity index is 541. The smallest absolute Gasteiger partial charge is 0.257 e. The molecule has 5 N–H and O–H groups in total. The molecule has 1 aromatic rings. The minimum atomic E-state index is -0.797. The van der Waals surface area contributed by atoms with E-state index in [1.807, 2.05) is 0 Å². The van der Waals surface area contributed by atoms with Gasteiger partial charge >= 0.3 is 0 Å². The fraction of sp³-hybridized carbons (Fsp3) is 0.357. The normalized spacial score (nSPS) is 10.8. The summed E-state index contributed by atoms with van der Waals surface area (Å²) >= 11 is 4.84. The molecule has 2 amide bonds. The van der Waals surface area contributed by atoms with E-state index in [1.165, 1.54) is 0 Å². The molecule has 21 heavy (non-hydrogen) atoms. The average molecular weight is 309 g/mol. The number of benzene rings is 1. The maximum absolute atomic E-state index is 11.6. The lowest BCUT2D eigenvalue weighted by Crippen LogP contribution is -2.43. The molecule has 7 heteroatoms. The summed E-state index contributed by atoms with van der Waals surface area (Å²) in [4.78, 5) is 23.0. The molecule has 0 bridgehead atoms. The molecule has 0 radical (unpaired) electrons. The lowest BCUT2D eigenvalue weighted by molar-refractivity contribution is -0.127. The van der Waals surface area contributed by atoms with Gasteiger partial charge in [-0.3, -0.25) is 9.59 Å². The van der Waals surface area contributed by atoms with Gasteiger partial charge in [0, 0.05) is 12.1 Å². The van der Waals surface area contributed by atoms with Gasteiger partial charge in [0.15, 0.2) is 6.61 Å². The summed E-state index contributed by atoms with van der Waals surface area (Å²) in [5.41, 5.74) is 10.6. The molecule has 0 aliphatic carbocycles. The molecule has 0 saturated carbocycles. The van der Waals surface area contributed by atoms with Gasteiger partial charge in [-0.25, -0.2) is 0 Å². The minimum Gasteiger partial charge on any atom is -0.484 e. The molecule has 0 atom stereocenters. The zero-order valence-electron chi connectivity index (χ0n) is 12.0. The first-order valence-electron chi connectivity index (χ1n) is 6.31. The number of nitrogens with two attached hydrogens (primary N) is 2. The summed E-state index contributed by atoms with van der Waals surface area (Å²) in [5, 5.41) is 2.60. The fourth-order valence-corrected chi connectivity index (χ4v) is 1.46. The van der Waals surface area contributed by atoms with Crippen molar-refractivity contribution in [2.45, 2.75) is 13.8 Å². The molecular weight excluding hydrogens is 290 g/mol. The third kappa shape index (κ3) is 5.39. The molecule has 0 heterocycles. The van der Waals surface area contributed by atoms with E-state index >= 15 is 0 Å². The number of nitrogens with one attached hydrogen (secondary N) is 1. The molecule has 1 rings (SSSR count). The van der Waals surface area contributed by atoms with Gasteiger partial charge in [0.1, 0.15) is 10.7 Å². The number of hydrogen-bond donors (Lipinski definition) is 3. The highest BCUT2D eigenvalue weighted by molar-refractivity contribution is 7.80. The third-order valence-electron chi connectivity index (χ3n) is 2.90. The monoisotopic (exact) mass is 309 g/mol. The van der Waals surface area contributed by atoms with Gasteiger partial charge in [-0.05, 0) is 38.1 Å². The number of carbonyl (C=O) groups excluding carboxylic acids is 2. The Hall–Kier alpha value is -2.15. The molecule has 0 aliphatic heterocycles. The summed E-state index contributed by atoms with van der Waals surface area (Å²) in [6.07, 6.45) is 0. The number of hydrogen-bond acceptors (Lipinski definition) is 4. The van der Waals surface area contributed by atoms with Crippen molar-refractivity contribution in [3.8, 4) is 5.75 Å². The minimum absolute atomic E-state index is 0.152. The lowest BCUT2D eigenvalue weighted by Gasteiger charge is -2.20. The van der Waals surface area contributed by atoms with E-state index < -0.39 is 11.3 Å². The molecule has 0 saturated heterocycles. The number of ether oxygens (including phenoxy) is 1. The van der Waals surface area contributed by atoms with E-state index in [2.05, 4.69) is 5.32 Å². The van der Waals surface area contributed by atoms with Gasteiger partial charge in [-0.1, -0.05) is 12.2 Å². The third-order valence-corrected chi connectivity index (χ3v) is 3.14. The van der Waals surface area contributed by atoms with Crippen molar-refractivity contribution >= 4 is 29.0 Å². The average Bonchev–Trinajstić information content (AvgIpc) is 2.43. The van der Waals surface area contributed by atoms with Crippen molar-refractivity contribution < 1.29 is 14.3 Å². The topological polar surface area (TPSA) is 107 Å². The van der Waals surface area contributed by atoms with Crippen molar-refractivity contribution in [2.75, 3.05) is 13.2 Å². The lowest BCUT2D eigenvalue weighted by atomic mass is 9.93. The predicted octanol–water partition coefficient (Wildman–Crippen LogP) is 0.327. The second-order valence-corrected chi connectivity index (χ2v) is 5.64. The summed E-state index contributed by atoms with van der Waals surface area (Å²) in [6.45, 7) is 3.32. The molecule has 0 fully saturated rings. The van der Waals surface area contributed by atoms with Gasteiger partial charge in [0.25, 0.3) is 5.91 Å². The first-order valence-corrected chi connectivity index (χ1v) is 6.72. The van der Waals surface area contributed by atoms with Crippen LogP contribution in [0.3, 0.4) is 0 Å². The van der Waals surface area contributed by atoms with Gasteiger partial charge in [0.2, 0.25) is 5.91 Å². The van der Waals surface area contributed by atoms with Crippen molar-refractivity contribution in [2.24, 2.45) is 16.9 Å². The van der Waals surface area contributed by atoms with E-state index in [-0.39, 0.29) is 19.1 Å². The predicted molar refractivity (Wildman–Crippen MR) is 83.8 cm³/mol. The van der Waals surface area contributed by atoms with Crippen molar-refractivity contribution in [1.29, 1.82) is 0 Å². The SMILES string of the molecule is CC(C)(CNC(=O)COc1ccc(C(N)=S)cc1)C(N)=O. The Labute approximate surface area is 128 Å². The number of primary amides is 1. The van der Waals surface area contributed by atoms with Crippen LogP contribution in [0, 0.1) is 5.41 Å². The molecule has 1 aromatic carbocycles. The highest BCUT2D eigenvalue weighted by atomic mass is 32.1. The summed E-state index contributed by atoms with van der Waals surface area (Å²) < 4.78 is 5.32. The second-order valence-electron chi connectivity index (χ2n) is 5.20. The highest BCUT2D eigenvalue weighted by Crippen LogP contribution is 2.13. The van der Waals surface area contributed by atoms with Crippen LogP contribution >= 0.6 is 12.2 Å². The molecule has 0 aromatic heterocycles. The first-order chi connectivity index (χ1) is 9.72. The first kappa shape index (κ1) is 16.9. The van der Waals surface area contributed by atoms with Crippen LogP contribution in [0.15, 0.2) is 24.3 Å². The van der Waals surface area contributed by atoms with Crippen LogP contribution in [-0.4, -0.2) is 30.0 Å². The van der Waals surface area contributed by atoms with Gasteiger partial charge < -0.3 is 21.5 Å². The van der Waals surface area contributed by atoms with E-state index in [4.69, 9.17) is 28.4 Å². The Morgan fingerprint density at radius 2 is 1.81 bits per heavy atom. The van der Waals surface area contributed by atoms with E-state index in [0.717, 1.165) is 5.56 Å². The Kier molecular flexibility index (Phi) is 5.66. The van der Waals surface area contributed by atoms with E-state index in [1.54, 1.807) is 38.1 Å². The quantitative estimate of drug-likeness (QED) is 0.629. The fourth-order valence-electron chi connectivity index (χ4n) is 1.32. The van der Waals surface area contributed by atoms with Crippen LogP contribution in [0.25, 0.3) is 0 Å². The molecule has 6 nitrogen and oxygen atoms in total. The highest BCUT2D eigenvalue weighted by Gasteiger charge is 2.25. The van der Waals surface area contributed by atoms with Gasteiger partial charge in [0.05, 0.1) is 5.41 Å². The summed E-state index contributed by atoms with van der Waals surface area (Å²) in [6, 6.07) is 6.78. The number of rotatable bonds is 7. The maximum atomic E-state index is 11.6. The van der Waals surface area contributed by atoms with Crippen molar-refractivity contribution in [3.05, 3.63) is 29.8 Å².